The van der Waals surface area contributed by atoms with Crippen LogP contribution in [-0.4, -0.2) is 5.78 Å². The van der Waals surface area contributed by atoms with E-state index in [1.807, 2.05) is 6.92 Å². The molecule has 0 aromatic heterocycles. The van der Waals surface area contributed by atoms with Gasteiger partial charge in [-0.2, -0.15) is 0 Å². The summed E-state index contributed by atoms with van der Waals surface area (Å²) in [6.45, 7) is 9.45. The predicted molar refractivity (Wildman–Crippen MR) is 95.1 cm³/mol. The van der Waals surface area contributed by atoms with E-state index in [0.717, 1.165) is 29.6 Å². The van der Waals surface area contributed by atoms with Crippen molar-refractivity contribution in [1.82, 2.24) is 0 Å². The van der Waals surface area contributed by atoms with Crippen molar-refractivity contribution in [3.63, 3.8) is 0 Å². The summed E-state index contributed by atoms with van der Waals surface area (Å²) in [4.78, 5) is 12.2. The molecule has 0 aliphatic heterocycles. The second-order valence-electron chi connectivity index (χ2n) is 10.3. The van der Waals surface area contributed by atoms with E-state index in [0.29, 0.717) is 22.5 Å². The summed E-state index contributed by atoms with van der Waals surface area (Å²) in [5.74, 6) is 5.50. The number of hydrogen-bond donors (Lipinski definition) is 0. The fraction of sp³-hybridized carbons (Fsp3) is 0.955. The van der Waals surface area contributed by atoms with Gasteiger partial charge in [0, 0.05) is 5.92 Å². The van der Waals surface area contributed by atoms with Crippen molar-refractivity contribution >= 4 is 5.78 Å². The number of hydrogen-bond acceptors (Lipinski definition) is 1. The first-order valence-electron chi connectivity index (χ1n) is 10.4. The maximum atomic E-state index is 12.2. The summed E-state index contributed by atoms with van der Waals surface area (Å²) in [6, 6.07) is 0. The maximum Gasteiger partial charge on any atom is 0.133 e. The van der Waals surface area contributed by atoms with Gasteiger partial charge in [0.2, 0.25) is 0 Å². The third kappa shape index (κ3) is 2.20. The Morgan fingerprint density at radius 1 is 0.870 bits per heavy atom. The van der Waals surface area contributed by atoms with Gasteiger partial charge in [-0.3, -0.25) is 4.79 Å². The minimum absolute atomic E-state index is 0.332. The van der Waals surface area contributed by atoms with Crippen LogP contribution in [0.25, 0.3) is 0 Å². The van der Waals surface area contributed by atoms with Gasteiger partial charge >= 0.3 is 0 Å². The lowest BCUT2D eigenvalue weighted by atomic mass is 9.44. The van der Waals surface area contributed by atoms with Gasteiger partial charge in [-0.1, -0.05) is 27.2 Å². The Kier molecular flexibility index (Phi) is 3.75. The van der Waals surface area contributed by atoms with Crippen LogP contribution in [-0.2, 0) is 4.79 Å². The molecule has 0 spiro atoms. The van der Waals surface area contributed by atoms with Crippen molar-refractivity contribution in [2.24, 2.45) is 46.3 Å². The summed E-state index contributed by atoms with van der Waals surface area (Å²) in [7, 11) is 0. The normalized spacial score (nSPS) is 55.7. The molecule has 4 saturated carbocycles. The number of carbonyl (C=O) groups is 1. The van der Waals surface area contributed by atoms with E-state index in [1.165, 1.54) is 57.8 Å². The topological polar surface area (TPSA) is 17.1 Å². The fourth-order valence-electron chi connectivity index (χ4n) is 8.14. The Labute approximate surface area is 143 Å². The smallest absolute Gasteiger partial charge is 0.133 e. The molecular weight excluding hydrogens is 280 g/mol. The predicted octanol–water partition coefficient (Wildman–Crippen LogP) is 5.87. The van der Waals surface area contributed by atoms with Crippen LogP contribution in [0.2, 0.25) is 0 Å². The molecule has 7 unspecified atom stereocenters. The Bertz CT molecular complexity index is 496. The van der Waals surface area contributed by atoms with Gasteiger partial charge in [-0.25, -0.2) is 0 Å². The van der Waals surface area contributed by atoms with Crippen molar-refractivity contribution < 1.29 is 4.79 Å². The average molecular weight is 317 g/mol. The van der Waals surface area contributed by atoms with E-state index in [-0.39, 0.29) is 0 Å². The second kappa shape index (κ2) is 5.33. The molecule has 0 aromatic rings. The van der Waals surface area contributed by atoms with Crippen LogP contribution >= 0.6 is 0 Å². The first kappa shape index (κ1) is 16.2. The first-order valence-corrected chi connectivity index (χ1v) is 10.4. The fourth-order valence-corrected chi connectivity index (χ4v) is 8.14. The Morgan fingerprint density at radius 3 is 2.30 bits per heavy atom. The lowest BCUT2D eigenvalue weighted by Crippen LogP contribution is -2.53. The molecule has 4 aliphatic rings. The van der Waals surface area contributed by atoms with Crippen LogP contribution in [0.3, 0.4) is 0 Å². The molecule has 23 heavy (non-hydrogen) atoms. The summed E-state index contributed by atoms with van der Waals surface area (Å²) in [5.41, 5.74) is 0.948. The summed E-state index contributed by atoms with van der Waals surface area (Å²) >= 11 is 0. The van der Waals surface area contributed by atoms with Crippen molar-refractivity contribution in [3.05, 3.63) is 0 Å². The van der Waals surface area contributed by atoms with Crippen LogP contribution in [0, 0.1) is 46.3 Å². The van der Waals surface area contributed by atoms with Crippen LogP contribution in [0.15, 0.2) is 0 Å². The van der Waals surface area contributed by atoms with Crippen LogP contribution < -0.4 is 0 Å². The number of fused-ring (bicyclic) bond motifs is 5. The van der Waals surface area contributed by atoms with E-state index in [9.17, 15) is 4.79 Å². The highest BCUT2D eigenvalue weighted by Gasteiger charge is 2.60. The third-order valence-corrected chi connectivity index (χ3v) is 9.42. The summed E-state index contributed by atoms with van der Waals surface area (Å²) < 4.78 is 0. The average Bonchev–Trinajstić information content (AvgIpc) is 2.85. The zero-order valence-electron chi connectivity index (χ0n) is 15.7. The molecule has 0 N–H and O–H groups in total. The van der Waals surface area contributed by atoms with Crippen LogP contribution in [0.5, 0.6) is 0 Å². The highest BCUT2D eigenvalue weighted by atomic mass is 16.1. The molecule has 0 amide bonds. The molecule has 0 bridgehead atoms. The van der Waals surface area contributed by atoms with Gasteiger partial charge in [0.05, 0.1) is 0 Å². The molecule has 4 aliphatic carbocycles. The SMILES string of the molecule is CC(=O)C1CCC2C3CCC4C[C@@H](C)CCC4(C)C3CCC12C. The molecule has 4 rings (SSSR count). The zero-order valence-corrected chi connectivity index (χ0v) is 15.7. The number of rotatable bonds is 1. The number of Topliss-reactive ketones (excluding diaryl/α,β-unsaturated/α-hetero) is 1. The molecule has 4 fully saturated rings. The molecule has 0 heterocycles. The minimum Gasteiger partial charge on any atom is -0.300 e. The molecular formula is C22H36O. The second-order valence-corrected chi connectivity index (χ2v) is 10.3. The summed E-state index contributed by atoms with van der Waals surface area (Å²) in [5, 5.41) is 0. The molecule has 0 aromatic carbocycles. The van der Waals surface area contributed by atoms with Gasteiger partial charge in [-0.05, 0) is 98.7 Å². The number of carbonyl (C=O) groups excluding carboxylic acids is 1. The monoisotopic (exact) mass is 316 g/mol. The summed E-state index contributed by atoms with van der Waals surface area (Å²) in [6.07, 6.45) is 12.6. The van der Waals surface area contributed by atoms with Crippen LogP contribution in [0.4, 0.5) is 0 Å². The maximum absolute atomic E-state index is 12.2. The molecule has 8 atom stereocenters. The molecule has 1 nitrogen and oxygen atoms in total. The Morgan fingerprint density at radius 2 is 1.57 bits per heavy atom. The highest BCUT2D eigenvalue weighted by Crippen LogP contribution is 2.67. The molecule has 0 saturated heterocycles. The first-order chi connectivity index (χ1) is 10.9. The quantitative estimate of drug-likeness (QED) is 0.591. The van der Waals surface area contributed by atoms with Gasteiger partial charge in [0.25, 0.3) is 0 Å². The van der Waals surface area contributed by atoms with E-state index in [1.54, 1.807) is 0 Å². The van der Waals surface area contributed by atoms with Gasteiger partial charge in [0.15, 0.2) is 0 Å². The Hall–Kier alpha value is -0.330. The molecule has 0 radical (unpaired) electrons. The molecule has 130 valence electrons. The van der Waals surface area contributed by atoms with E-state index >= 15 is 0 Å². The van der Waals surface area contributed by atoms with Gasteiger partial charge in [-0.15, -0.1) is 0 Å². The highest BCUT2D eigenvalue weighted by molar-refractivity contribution is 5.79. The van der Waals surface area contributed by atoms with E-state index in [4.69, 9.17) is 0 Å². The van der Waals surface area contributed by atoms with E-state index < -0.39 is 0 Å². The van der Waals surface area contributed by atoms with Gasteiger partial charge in [0.1, 0.15) is 5.78 Å². The van der Waals surface area contributed by atoms with Crippen molar-refractivity contribution in [2.45, 2.75) is 85.5 Å². The largest absolute Gasteiger partial charge is 0.300 e. The zero-order chi connectivity index (χ0) is 16.4. The standard InChI is InChI=1S/C22H36O/c1-14-9-11-21(3)16(13-14)5-6-17-19-8-7-18(15(2)23)22(19,4)12-10-20(17)21/h14,16-20H,5-13H2,1-4H3/t14-,16?,17?,18?,19?,20?,21?,22?/m0/s1. The van der Waals surface area contributed by atoms with E-state index in [2.05, 4.69) is 20.8 Å². The van der Waals surface area contributed by atoms with Crippen molar-refractivity contribution in [2.75, 3.05) is 0 Å². The lowest BCUT2D eigenvalue weighted by Gasteiger charge is -2.61. The van der Waals surface area contributed by atoms with Gasteiger partial charge < -0.3 is 0 Å². The van der Waals surface area contributed by atoms with Crippen molar-refractivity contribution in [3.8, 4) is 0 Å². The lowest BCUT2D eigenvalue weighted by molar-refractivity contribution is -0.135. The third-order valence-electron chi connectivity index (χ3n) is 9.42. The molecule has 1 heteroatoms. The van der Waals surface area contributed by atoms with Crippen LogP contribution in [0.1, 0.15) is 85.5 Å². The van der Waals surface area contributed by atoms with Crippen molar-refractivity contribution in [1.29, 1.82) is 0 Å². The number of ketones is 1. The Balaban J connectivity index is 1.61. The minimum atomic E-state index is 0.332.